The molecule has 0 atom stereocenters. The van der Waals surface area contributed by atoms with E-state index >= 15 is 0 Å². The first-order valence-electron chi connectivity index (χ1n) is 8.10. The minimum Gasteiger partial charge on any atom is -0.0616 e. The zero-order valence-electron chi connectivity index (χ0n) is 13.0. The van der Waals surface area contributed by atoms with Crippen LogP contribution in [0.1, 0.15) is 22.3 Å². The molecule has 1 aliphatic carbocycles. The number of aryl methyl sites for hydroxylation is 4. The average molecular weight is 282 g/mol. The summed E-state index contributed by atoms with van der Waals surface area (Å²) in [6, 6.07) is 18.2. The first-order chi connectivity index (χ1) is 10.7. The van der Waals surface area contributed by atoms with Gasteiger partial charge in [0.1, 0.15) is 0 Å². The Hall–Kier alpha value is -2.34. The summed E-state index contributed by atoms with van der Waals surface area (Å²) >= 11 is 0. The maximum atomic E-state index is 2.41. The zero-order valence-corrected chi connectivity index (χ0v) is 13.0. The highest BCUT2D eigenvalue weighted by Crippen LogP contribution is 2.40. The second-order valence-corrected chi connectivity index (χ2v) is 6.65. The van der Waals surface area contributed by atoms with Gasteiger partial charge in [-0.15, -0.1) is 0 Å². The molecule has 0 N–H and O–H groups in total. The van der Waals surface area contributed by atoms with E-state index in [4.69, 9.17) is 0 Å². The van der Waals surface area contributed by atoms with Crippen molar-refractivity contribution in [2.75, 3.05) is 0 Å². The Morgan fingerprint density at radius 1 is 0.636 bits per heavy atom. The van der Waals surface area contributed by atoms with Gasteiger partial charge in [0.25, 0.3) is 0 Å². The lowest BCUT2D eigenvalue weighted by Crippen LogP contribution is -1.88. The fourth-order valence-electron chi connectivity index (χ4n) is 4.35. The Morgan fingerprint density at radius 2 is 1.41 bits per heavy atom. The highest BCUT2D eigenvalue weighted by atomic mass is 14.2. The van der Waals surface area contributed by atoms with Crippen LogP contribution in [0.5, 0.6) is 0 Å². The molecule has 4 aromatic carbocycles. The number of rotatable bonds is 0. The molecule has 0 aliphatic heterocycles. The summed E-state index contributed by atoms with van der Waals surface area (Å²) in [6.45, 7) is 4.49. The van der Waals surface area contributed by atoms with Crippen LogP contribution in [0.3, 0.4) is 0 Å². The molecule has 0 heteroatoms. The largest absolute Gasteiger partial charge is 0.0616 e. The van der Waals surface area contributed by atoms with Crippen LogP contribution in [-0.2, 0) is 12.8 Å². The molecule has 0 heterocycles. The monoisotopic (exact) mass is 282 g/mol. The molecule has 106 valence electrons. The van der Waals surface area contributed by atoms with Gasteiger partial charge in [-0.2, -0.15) is 0 Å². The quantitative estimate of drug-likeness (QED) is 0.280. The minimum absolute atomic E-state index is 1.19. The SMILES string of the molecule is Cc1ccc2cc3c(cc(C)c4ccccc43)c3c2c1CC3. The van der Waals surface area contributed by atoms with E-state index < -0.39 is 0 Å². The van der Waals surface area contributed by atoms with Crippen molar-refractivity contribution in [2.45, 2.75) is 26.7 Å². The summed E-state index contributed by atoms with van der Waals surface area (Å²) in [5, 5.41) is 8.60. The fraction of sp³-hybridized carbons (Fsp3) is 0.182. The van der Waals surface area contributed by atoms with Crippen LogP contribution in [0, 0.1) is 13.8 Å². The fourth-order valence-corrected chi connectivity index (χ4v) is 4.35. The summed E-state index contributed by atoms with van der Waals surface area (Å²) < 4.78 is 0. The van der Waals surface area contributed by atoms with Crippen LogP contribution < -0.4 is 0 Å². The van der Waals surface area contributed by atoms with Gasteiger partial charge in [-0.05, 0) is 87.3 Å². The van der Waals surface area contributed by atoms with E-state index in [0.29, 0.717) is 0 Å². The molecule has 1 aliphatic rings. The second-order valence-electron chi connectivity index (χ2n) is 6.65. The Morgan fingerprint density at radius 3 is 2.27 bits per heavy atom. The molecule has 0 amide bonds. The number of benzene rings is 4. The Labute approximate surface area is 130 Å². The molecule has 0 unspecified atom stereocenters. The second kappa shape index (κ2) is 4.10. The summed E-state index contributed by atoms with van der Waals surface area (Å²) in [7, 11) is 0. The summed E-state index contributed by atoms with van der Waals surface area (Å²) in [4.78, 5) is 0. The van der Waals surface area contributed by atoms with Gasteiger partial charge < -0.3 is 0 Å². The van der Waals surface area contributed by atoms with Gasteiger partial charge in [0.2, 0.25) is 0 Å². The first kappa shape index (κ1) is 12.2. The van der Waals surface area contributed by atoms with Gasteiger partial charge >= 0.3 is 0 Å². The van der Waals surface area contributed by atoms with Crippen molar-refractivity contribution >= 4 is 32.3 Å². The topological polar surface area (TPSA) is 0 Å². The van der Waals surface area contributed by atoms with Gasteiger partial charge in [0.15, 0.2) is 0 Å². The van der Waals surface area contributed by atoms with Crippen molar-refractivity contribution < 1.29 is 0 Å². The lowest BCUT2D eigenvalue weighted by Gasteiger charge is -2.13. The van der Waals surface area contributed by atoms with Crippen molar-refractivity contribution in [1.29, 1.82) is 0 Å². The van der Waals surface area contributed by atoms with Gasteiger partial charge in [-0.1, -0.05) is 42.5 Å². The molecule has 22 heavy (non-hydrogen) atoms. The number of fused-ring (bicyclic) bond motifs is 4. The highest BCUT2D eigenvalue weighted by Gasteiger charge is 2.20. The number of hydrogen-bond donors (Lipinski definition) is 0. The Kier molecular flexibility index (Phi) is 2.28. The molecule has 0 fully saturated rings. The average Bonchev–Trinajstić information content (AvgIpc) is 2.99. The van der Waals surface area contributed by atoms with Crippen molar-refractivity contribution in [2.24, 2.45) is 0 Å². The molecule has 0 radical (unpaired) electrons. The maximum Gasteiger partial charge on any atom is -0.00960 e. The Balaban J connectivity index is 2.10. The van der Waals surface area contributed by atoms with Gasteiger partial charge in [0, 0.05) is 0 Å². The third-order valence-electron chi connectivity index (χ3n) is 5.42. The zero-order chi connectivity index (χ0) is 14.8. The molecule has 0 saturated carbocycles. The van der Waals surface area contributed by atoms with Gasteiger partial charge in [0.05, 0.1) is 0 Å². The van der Waals surface area contributed by atoms with E-state index in [1.54, 1.807) is 11.1 Å². The lowest BCUT2D eigenvalue weighted by molar-refractivity contribution is 1.02. The lowest BCUT2D eigenvalue weighted by atomic mass is 9.91. The third-order valence-corrected chi connectivity index (χ3v) is 5.42. The third kappa shape index (κ3) is 1.42. The molecule has 0 spiro atoms. The maximum absolute atomic E-state index is 2.41. The van der Waals surface area contributed by atoms with E-state index in [1.807, 2.05) is 0 Å². The molecule has 4 aromatic rings. The normalized spacial score (nSPS) is 13.5. The van der Waals surface area contributed by atoms with E-state index in [-0.39, 0.29) is 0 Å². The van der Waals surface area contributed by atoms with Crippen LogP contribution in [0.4, 0.5) is 0 Å². The molecule has 0 saturated heterocycles. The molecule has 0 aromatic heterocycles. The first-order valence-corrected chi connectivity index (χ1v) is 8.10. The number of hydrogen-bond acceptors (Lipinski definition) is 0. The molecular formula is C22H18. The van der Waals surface area contributed by atoms with Crippen LogP contribution in [0.15, 0.2) is 48.5 Å². The van der Waals surface area contributed by atoms with Gasteiger partial charge in [-0.3, -0.25) is 0 Å². The summed E-state index contributed by atoms with van der Waals surface area (Å²) in [5.41, 5.74) is 5.98. The van der Waals surface area contributed by atoms with Crippen LogP contribution in [0.25, 0.3) is 32.3 Å². The van der Waals surface area contributed by atoms with Crippen LogP contribution in [-0.4, -0.2) is 0 Å². The van der Waals surface area contributed by atoms with E-state index in [2.05, 4.69) is 62.4 Å². The predicted octanol–water partition coefficient (Wildman–Crippen LogP) is 5.86. The molecule has 0 bridgehead atoms. The van der Waals surface area contributed by atoms with E-state index in [0.717, 1.165) is 0 Å². The van der Waals surface area contributed by atoms with Crippen molar-refractivity contribution in [3.05, 3.63) is 70.8 Å². The van der Waals surface area contributed by atoms with Crippen molar-refractivity contribution in [3.8, 4) is 0 Å². The van der Waals surface area contributed by atoms with Crippen LogP contribution >= 0.6 is 0 Å². The Bertz CT molecular complexity index is 1080. The molecule has 5 rings (SSSR count). The smallest absolute Gasteiger partial charge is 0.00960 e. The van der Waals surface area contributed by atoms with E-state index in [9.17, 15) is 0 Å². The van der Waals surface area contributed by atoms with Gasteiger partial charge in [-0.25, -0.2) is 0 Å². The summed E-state index contributed by atoms with van der Waals surface area (Å²) in [6.07, 6.45) is 2.38. The van der Waals surface area contributed by atoms with Crippen molar-refractivity contribution in [3.63, 3.8) is 0 Å². The highest BCUT2D eigenvalue weighted by molar-refractivity contribution is 6.16. The van der Waals surface area contributed by atoms with Crippen LogP contribution in [0.2, 0.25) is 0 Å². The minimum atomic E-state index is 1.19. The molecular weight excluding hydrogens is 264 g/mol. The molecule has 0 nitrogen and oxygen atoms in total. The summed E-state index contributed by atoms with van der Waals surface area (Å²) in [5.74, 6) is 0. The van der Waals surface area contributed by atoms with E-state index in [1.165, 1.54) is 56.3 Å². The standard InChI is InChI=1S/C22H18/c1-13-7-8-15-12-21-18-6-4-3-5-16(18)14(2)11-20(21)19-10-9-17(13)22(15)19/h3-8,11-12H,9-10H2,1-2H3. The van der Waals surface area contributed by atoms with Crippen molar-refractivity contribution in [1.82, 2.24) is 0 Å². The predicted molar refractivity (Wildman–Crippen MR) is 95.8 cm³/mol.